The van der Waals surface area contributed by atoms with E-state index in [1.54, 1.807) is 0 Å². The molecule has 1 aromatic rings. The first-order chi connectivity index (χ1) is 11.2. The number of hydrogen-bond donors (Lipinski definition) is 0. The molecule has 0 spiro atoms. The minimum absolute atomic E-state index is 0.210. The first kappa shape index (κ1) is 18.2. The summed E-state index contributed by atoms with van der Waals surface area (Å²) in [5.74, 6) is 0.452. The number of nitrogens with zero attached hydrogens (tertiary/aromatic N) is 1. The Hall–Kier alpha value is -1.15. The third-order valence-electron chi connectivity index (χ3n) is 5.34. The summed E-state index contributed by atoms with van der Waals surface area (Å²) < 4.78 is 0. The zero-order chi connectivity index (χ0) is 16.5. The Kier molecular flexibility index (Phi) is 7.29. The van der Waals surface area contributed by atoms with Crippen molar-refractivity contribution in [3.8, 4) is 0 Å². The maximum Gasteiger partial charge on any atom is 0.157 e. The summed E-state index contributed by atoms with van der Waals surface area (Å²) in [6.45, 7) is 7.21. The van der Waals surface area contributed by atoms with Gasteiger partial charge in [-0.05, 0) is 44.3 Å². The number of Topliss-reactive ketones (excluding diaryl/α,β-unsaturated/α-hetero) is 1. The van der Waals surface area contributed by atoms with E-state index in [-0.39, 0.29) is 5.41 Å². The van der Waals surface area contributed by atoms with Gasteiger partial charge in [-0.2, -0.15) is 0 Å². The molecule has 128 valence electrons. The van der Waals surface area contributed by atoms with E-state index in [9.17, 15) is 4.79 Å². The Morgan fingerprint density at radius 3 is 2.09 bits per heavy atom. The van der Waals surface area contributed by atoms with E-state index in [0.717, 1.165) is 25.9 Å². The minimum atomic E-state index is -0.210. The smallest absolute Gasteiger partial charge is 0.157 e. The standard InChI is InChI=1S/C21H33NO/c1-3-5-16-22(17-6-4-2)18-20(23)21(14-10-11-15-21)19-12-8-7-9-13-19/h7-9,12-13H,3-6,10-11,14-18H2,1-2H3. The van der Waals surface area contributed by atoms with E-state index in [1.807, 2.05) is 6.07 Å². The van der Waals surface area contributed by atoms with Crippen LogP contribution in [-0.2, 0) is 10.2 Å². The van der Waals surface area contributed by atoms with Crippen LogP contribution in [0.1, 0.15) is 70.8 Å². The maximum atomic E-state index is 13.3. The number of benzene rings is 1. The Bertz CT molecular complexity index is 454. The van der Waals surface area contributed by atoms with Crippen molar-refractivity contribution in [2.75, 3.05) is 19.6 Å². The molecule has 2 nitrogen and oxygen atoms in total. The van der Waals surface area contributed by atoms with Crippen LogP contribution in [0.15, 0.2) is 30.3 Å². The molecule has 0 N–H and O–H groups in total. The number of ketones is 1. The van der Waals surface area contributed by atoms with Crippen molar-refractivity contribution >= 4 is 5.78 Å². The number of rotatable bonds is 10. The quantitative estimate of drug-likeness (QED) is 0.607. The van der Waals surface area contributed by atoms with Gasteiger partial charge < -0.3 is 0 Å². The van der Waals surface area contributed by atoms with Gasteiger partial charge in [-0.3, -0.25) is 9.69 Å². The van der Waals surface area contributed by atoms with Crippen molar-refractivity contribution in [2.24, 2.45) is 0 Å². The monoisotopic (exact) mass is 315 g/mol. The second kappa shape index (κ2) is 9.22. The lowest BCUT2D eigenvalue weighted by molar-refractivity contribution is -0.125. The molecule has 1 saturated carbocycles. The molecule has 0 unspecified atom stereocenters. The van der Waals surface area contributed by atoms with Crippen LogP contribution in [0.3, 0.4) is 0 Å². The molecule has 1 fully saturated rings. The first-order valence-corrected chi connectivity index (χ1v) is 9.54. The van der Waals surface area contributed by atoms with E-state index >= 15 is 0 Å². The summed E-state index contributed by atoms with van der Waals surface area (Å²) in [6.07, 6.45) is 9.21. The van der Waals surface area contributed by atoms with Crippen molar-refractivity contribution in [1.82, 2.24) is 4.90 Å². The molecule has 1 aliphatic carbocycles. The number of hydrogen-bond acceptors (Lipinski definition) is 2. The zero-order valence-electron chi connectivity index (χ0n) is 15.0. The summed E-state index contributed by atoms with van der Waals surface area (Å²) in [5.41, 5.74) is 1.03. The fourth-order valence-corrected chi connectivity index (χ4v) is 3.85. The largest absolute Gasteiger partial charge is 0.297 e. The van der Waals surface area contributed by atoms with Gasteiger partial charge in [0.2, 0.25) is 0 Å². The summed E-state index contributed by atoms with van der Waals surface area (Å²) in [7, 11) is 0. The second-order valence-corrected chi connectivity index (χ2v) is 7.06. The molecule has 0 heterocycles. The van der Waals surface area contributed by atoms with Crippen LogP contribution in [0.5, 0.6) is 0 Å². The van der Waals surface area contributed by atoms with Gasteiger partial charge >= 0.3 is 0 Å². The lowest BCUT2D eigenvalue weighted by Crippen LogP contribution is -2.42. The molecule has 2 rings (SSSR count). The average molecular weight is 316 g/mol. The number of carbonyl (C=O) groups is 1. The minimum Gasteiger partial charge on any atom is -0.297 e. The molecule has 2 heteroatoms. The maximum absolute atomic E-state index is 13.3. The first-order valence-electron chi connectivity index (χ1n) is 9.54. The molecule has 0 bridgehead atoms. The van der Waals surface area contributed by atoms with Crippen LogP contribution >= 0.6 is 0 Å². The summed E-state index contributed by atoms with van der Waals surface area (Å²) in [6, 6.07) is 10.5. The van der Waals surface area contributed by atoms with Gasteiger partial charge in [0, 0.05) is 0 Å². The van der Waals surface area contributed by atoms with E-state index in [2.05, 4.69) is 43.0 Å². The van der Waals surface area contributed by atoms with E-state index in [1.165, 1.54) is 44.1 Å². The van der Waals surface area contributed by atoms with Gasteiger partial charge in [-0.25, -0.2) is 0 Å². The fraction of sp³-hybridized carbons (Fsp3) is 0.667. The fourth-order valence-electron chi connectivity index (χ4n) is 3.85. The van der Waals surface area contributed by atoms with Crippen LogP contribution in [0.2, 0.25) is 0 Å². The molecule has 23 heavy (non-hydrogen) atoms. The Morgan fingerprint density at radius 1 is 1.00 bits per heavy atom. The molecule has 0 radical (unpaired) electrons. The van der Waals surface area contributed by atoms with Gasteiger partial charge in [-0.1, -0.05) is 69.9 Å². The van der Waals surface area contributed by atoms with Gasteiger partial charge in [0.15, 0.2) is 5.78 Å². The molecule has 0 amide bonds. The lowest BCUT2D eigenvalue weighted by Gasteiger charge is -2.31. The van der Waals surface area contributed by atoms with Crippen LogP contribution in [-0.4, -0.2) is 30.3 Å². The Balaban J connectivity index is 2.10. The van der Waals surface area contributed by atoms with Crippen LogP contribution in [0, 0.1) is 0 Å². The van der Waals surface area contributed by atoms with Crippen molar-refractivity contribution in [3.63, 3.8) is 0 Å². The van der Waals surface area contributed by atoms with Crippen molar-refractivity contribution in [2.45, 2.75) is 70.6 Å². The summed E-state index contributed by atoms with van der Waals surface area (Å²) in [5, 5.41) is 0. The molecule has 0 saturated heterocycles. The number of carbonyl (C=O) groups excluding carboxylic acids is 1. The molecular weight excluding hydrogens is 282 g/mol. The third-order valence-corrected chi connectivity index (χ3v) is 5.34. The SMILES string of the molecule is CCCCN(CCCC)CC(=O)C1(c2ccccc2)CCCC1. The predicted molar refractivity (Wildman–Crippen MR) is 97.9 cm³/mol. The highest BCUT2D eigenvalue weighted by atomic mass is 16.1. The molecule has 0 atom stereocenters. The summed E-state index contributed by atoms with van der Waals surface area (Å²) >= 11 is 0. The highest BCUT2D eigenvalue weighted by Crippen LogP contribution is 2.42. The van der Waals surface area contributed by atoms with Crippen LogP contribution in [0.25, 0.3) is 0 Å². The van der Waals surface area contributed by atoms with Crippen molar-refractivity contribution < 1.29 is 4.79 Å². The predicted octanol–water partition coefficient (Wildman–Crippen LogP) is 4.97. The second-order valence-electron chi connectivity index (χ2n) is 7.06. The molecular formula is C21H33NO. The van der Waals surface area contributed by atoms with Gasteiger partial charge in [0.1, 0.15) is 0 Å². The topological polar surface area (TPSA) is 20.3 Å². The highest BCUT2D eigenvalue weighted by Gasteiger charge is 2.42. The Morgan fingerprint density at radius 2 is 1.57 bits per heavy atom. The van der Waals surface area contributed by atoms with Gasteiger partial charge in [-0.15, -0.1) is 0 Å². The average Bonchev–Trinajstić information content (AvgIpc) is 3.09. The van der Waals surface area contributed by atoms with Gasteiger partial charge in [0.25, 0.3) is 0 Å². The lowest BCUT2D eigenvalue weighted by atomic mass is 9.75. The van der Waals surface area contributed by atoms with Crippen LogP contribution in [0.4, 0.5) is 0 Å². The normalized spacial score (nSPS) is 16.8. The summed E-state index contributed by atoms with van der Waals surface area (Å²) in [4.78, 5) is 15.7. The van der Waals surface area contributed by atoms with Crippen molar-refractivity contribution in [3.05, 3.63) is 35.9 Å². The molecule has 1 aromatic carbocycles. The van der Waals surface area contributed by atoms with Gasteiger partial charge in [0.05, 0.1) is 12.0 Å². The van der Waals surface area contributed by atoms with E-state index in [0.29, 0.717) is 12.3 Å². The number of unbranched alkanes of at least 4 members (excludes halogenated alkanes) is 2. The molecule has 0 aromatic heterocycles. The molecule has 1 aliphatic rings. The van der Waals surface area contributed by atoms with E-state index < -0.39 is 0 Å². The Labute approximate surface area is 142 Å². The van der Waals surface area contributed by atoms with E-state index in [4.69, 9.17) is 0 Å². The van der Waals surface area contributed by atoms with Crippen LogP contribution < -0.4 is 0 Å². The molecule has 0 aliphatic heterocycles. The third kappa shape index (κ3) is 4.67. The zero-order valence-corrected chi connectivity index (χ0v) is 15.0. The van der Waals surface area contributed by atoms with Crippen molar-refractivity contribution in [1.29, 1.82) is 0 Å². The highest BCUT2D eigenvalue weighted by molar-refractivity contribution is 5.92.